The zero-order valence-corrected chi connectivity index (χ0v) is 16.6. The Labute approximate surface area is 174 Å². The standard InChI is InChI=1S/C22H25FN4O3/c23-22-16(13-30-21(28)9-20(24)25)2-1-3-19(22)27-10-17(11-27)29-12-14-6-7-26-18(8-14)15-4-5-15/h1-3,6-8,15,17H,4-5,9-13H2,(H3,24,25). The number of ether oxygens (including phenoxy) is 2. The molecule has 4 rings (SSSR count). The first-order valence-electron chi connectivity index (χ1n) is 10.1. The molecule has 0 amide bonds. The first-order chi connectivity index (χ1) is 14.5. The van der Waals surface area contributed by atoms with Crippen LogP contribution in [0.25, 0.3) is 0 Å². The molecule has 0 radical (unpaired) electrons. The van der Waals surface area contributed by atoms with E-state index >= 15 is 0 Å². The molecule has 7 nitrogen and oxygen atoms in total. The molecule has 1 aromatic carbocycles. The second kappa shape index (κ2) is 8.79. The van der Waals surface area contributed by atoms with Crippen LogP contribution >= 0.6 is 0 Å². The fraction of sp³-hybridized carbons (Fsp3) is 0.409. The van der Waals surface area contributed by atoms with Crippen molar-refractivity contribution in [3.63, 3.8) is 0 Å². The monoisotopic (exact) mass is 412 g/mol. The molecule has 2 aliphatic rings. The van der Waals surface area contributed by atoms with Crippen LogP contribution in [-0.4, -0.2) is 36.0 Å². The van der Waals surface area contributed by atoms with Gasteiger partial charge in [-0.2, -0.15) is 0 Å². The van der Waals surface area contributed by atoms with Gasteiger partial charge in [0.15, 0.2) is 5.82 Å². The Bertz CT molecular complexity index is 942. The summed E-state index contributed by atoms with van der Waals surface area (Å²) in [6.07, 6.45) is 4.01. The van der Waals surface area contributed by atoms with Crippen LogP contribution in [0.15, 0.2) is 36.5 Å². The van der Waals surface area contributed by atoms with Crippen molar-refractivity contribution in [1.29, 1.82) is 5.41 Å². The number of anilines is 1. The molecule has 0 unspecified atom stereocenters. The lowest BCUT2D eigenvalue weighted by molar-refractivity contribution is -0.143. The summed E-state index contributed by atoms with van der Waals surface area (Å²) in [6.45, 7) is 1.54. The molecule has 1 aromatic heterocycles. The van der Waals surface area contributed by atoms with E-state index in [2.05, 4.69) is 11.1 Å². The van der Waals surface area contributed by atoms with Gasteiger partial charge < -0.3 is 20.1 Å². The number of amidine groups is 1. The fourth-order valence-electron chi connectivity index (χ4n) is 3.43. The lowest BCUT2D eigenvalue weighted by Crippen LogP contribution is -2.52. The highest BCUT2D eigenvalue weighted by Crippen LogP contribution is 2.39. The fourth-order valence-corrected chi connectivity index (χ4v) is 3.43. The number of nitrogens with one attached hydrogen (secondary N) is 1. The normalized spacial score (nSPS) is 16.2. The molecular formula is C22H25FN4O3. The number of nitrogens with two attached hydrogens (primary N) is 1. The first-order valence-corrected chi connectivity index (χ1v) is 10.1. The molecule has 2 fully saturated rings. The van der Waals surface area contributed by atoms with Gasteiger partial charge in [0.25, 0.3) is 0 Å². The minimum atomic E-state index is -0.648. The highest BCUT2D eigenvalue weighted by Gasteiger charge is 2.30. The minimum Gasteiger partial charge on any atom is -0.460 e. The summed E-state index contributed by atoms with van der Waals surface area (Å²) in [5, 5.41) is 7.09. The molecule has 30 heavy (non-hydrogen) atoms. The molecule has 1 aliphatic heterocycles. The van der Waals surface area contributed by atoms with Gasteiger partial charge >= 0.3 is 5.97 Å². The van der Waals surface area contributed by atoms with Gasteiger partial charge in [-0.05, 0) is 36.6 Å². The number of carbonyl (C=O) groups is 1. The van der Waals surface area contributed by atoms with Crippen LogP contribution in [0.3, 0.4) is 0 Å². The molecule has 0 spiro atoms. The summed E-state index contributed by atoms with van der Waals surface area (Å²) in [6, 6.07) is 9.10. The van der Waals surface area contributed by atoms with Crippen molar-refractivity contribution in [3.05, 3.63) is 59.2 Å². The SMILES string of the molecule is N=C(N)CC(=O)OCc1cccc(N2CC(OCc3ccnc(C4CC4)c3)C2)c1F. The third-order valence-electron chi connectivity index (χ3n) is 5.30. The van der Waals surface area contributed by atoms with Gasteiger partial charge in [-0.15, -0.1) is 0 Å². The van der Waals surface area contributed by atoms with Crippen LogP contribution in [0.1, 0.15) is 42.0 Å². The number of carbonyl (C=O) groups excluding carboxylic acids is 1. The summed E-state index contributed by atoms with van der Waals surface area (Å²) in [5.74, 6) is -0.724. The van der Waals surface area contributed by atoms with E-state index < -0.39 is 11.8 Å². The highest BCUT2D eigenvalue weighted by molar-refractivity contribution is 5.94. The molecule has 3 N–H and O–H groups in total. The molecule has 1 saturated heterocycles. The molecular weight excluding hydrogens is 387 g/mol. The molecule has 2 heterocycles. The maximum absolute atomic E-state index is 14.8. The molecule has 158 valence electrons. The van der Waals surface area contributed by atoms with Crippen LogP contribution in [-0.2, 0) is 27.5 Å². The summed E-state index contributed by atoms with van der Waals surface area (Å²) >= 11 is 0. The highest BCUT2D eigenvalue weighted by atomic mass is 19.1. The number of pyridine rings is 1. The van der Waals surface area contributed by atoms with Gasteiger partial charge in [0.2, 0.25) is 0 Å². The average molecular weight is 412 g/mol. The second-order valence-electron chi connectivity index (χ2n) is 7.81. The van der Waals surface area contributed by atoms with Crippen LogP contribution in [0.4, 0.5) is 10.1 Å². The van der Waals surface area contributed by atoms with E-state index in [4.69, 9.17) is 20.6 Å². The maximum atomic E-state index is 14.8. The van der Waals surface area contributed by atoms with Gasteiger partial charge in [-0.3, -0.25) is 15.2 Å². The predicted molar refractivity (Wildman–Crippen MR) is 110 cm³/mol. The Morgan fingerprint density at radius 1 is 1.27 bits per heavy atom. The van der Waals surface area contributed by atoms with Crippen molar-refractivity contribution in [1.82, 2.24) is 4.98 Å². The number of hydrogen-bond donors (Lipinski definition) is 2. The van der Waals surface area contributed by atoms with Gasteiger partial charge in [0.05, 0.1) is 18.4 Å². The van der Waals surface area contributed by atoms with E-state index in [1.54, 1.807) is 18.2 Å². The number of nitrogens with zero attached hydrogens (tertiary/aromatic N) is 2. The first kappa shape index (κ1) is 20.3. The molecule has 0 bridgehead atoms. The summed E-state index contributed by atoms with van der Waals surface area (Å²) < 4.78 is 25.8. The van der Waals surface area contributed by atoms with E-state index in [0.29, 0.717) is 31.3 Å². The maximum Gasteiger partial charge on any atom is 0.313 e. The number of esters is 1. The van der Waals surface area contributed by atoms with Gasteiger partial charge in [-0.1, -0.05) is 12.1 Å². The quantitative estimate of drug-likeness (QED) is 0.373. The Balaban J connectivity index is 1.27. The van der Waals surface area contributed by atoms with Crippen molar-refractivity contribution in [2.24, 2.45) is 5.73 Å². The Morgan fingerprint density at radius 2 is 2.07 bits per heavy atom. The van der Waals surface area contributed by atoms with Crippen molar-refractivity contribution in [2.45, 2.75) is 44.5 Å². The Morgan fingerprint density at radius 3 is 2.80 bits per heavy atom. The number of benzene rings is 1. The molecule has 8 heteroatoms. The van der Waals surface area contributed by atoms with Gasteiger partial charge in [0.1, 0.15) is 18.9 Å². The van der Waals surface area contributed by atoms with Crippen LogP contribution in [0, 0.1) is 11.2 Å². The Hall–Kier alpha value is -3.00. The predicted octanol–water partition coefficient (Wildman–Crippen LogP) is 2.87. The summed E-state index contributed by atoms with van der Waals surface area (Å²) in [4.78, 5) is 17.8. The van der Waals surface area contributed by atoms with E-state index in [1.807, 2.05) is 17.2 Å². The van der Waals surface area contributed by atoms with E-state index in [-0.39, 0.29) is 30.5 Å². The zero-order valence-electron chi connectivity index (χ0n) is 16.6. The van der Waals surface area contributed by atoms with E-state index in [0.717, 1.165) is 11.3 Å². The van der Waals surface area contributed by atoms with Crippen molar-refractivity contribution in [2.75, 3.05) is 18.0 Å². The molecule has 0 atom stereocenters. The molecule has 2 aromatic rings. The number of rotatable bonds is 9. The van der Waals surface area contributed by atoms with E-state index in [9.17, 15) is 9.18 Å². The van der Waals surface area contributed by atoms with Crippen LogP contribution < -0.4 is 10.6 Å². The van der Waals surface area contributed by atoms with Crippen molar-refractivity contribution >= 4 is 17.5 Å². The third kappa shape index (κ3) is 4.94. The molecule has 1 aliphatic carbocycles. The van der Waals surface area contributed by atoms with Crippen LogP contribution in [0.2, 0.25) is 0 Å². The summed E-state index contributed by atoms with van der Waals surface area (Å²) in [5.41, 5.74) is 8.19. The van der Waals surface area contributed by atoms with Crippen molar-refractivity contribution in [3.8, 4) is 0 Å². The van der Waals surface area contributed by atoms with Gasteiger partial charge in [0, 0.05) is 36.5 Å². The van der Waals surface area contributed by atoms with Gasteiger partial charge in [-0.25, -0.2) is 4.39 Å². The largest absolute Gasteiger partial charge is 0.460 e. The smallest absolute Gasteiger partial charge is 0.313 e. The Kier molecular flexibility index (Phi) is 5.94. The number of hydrogen-bond acceptors (Lipinski definition) is 6. The second-order valence-corrected chi connectivity index (χ2v) is 7.81. The van der Waals surface area contributed by atoms with Crippen LogP contribution in [0.5, 0.6) is 0 Å². The lowest BCUT2D eigenvalue weighted by Gasteiger charge is -2.41. The average Bonchev–Trinajstić information content (AvgIpc) is 3.52. The number of halogens is 1. The van der Waals surface area contributed by atoms with E-state index in [1.165, 1.54) is 12.8 Å². The number of aromatic nitrogens is 1. The minimum absolute atomic E-state index is 0.0407. The third-order valence-corrected chi connectivity index (χ3v) is 5.30. The topological polar surface area (TPSA) is 102 Å². The zero-order chi connectivity index (χ0) is 21.1. The lowest BCUT2D eigenvalue weighted by atomic mass is 10.1. The summed E-state index contributed by atoms with van der Waals surface area (Å²) in [7, 11) is 0. The van der Waals surface area contributed by atoms with Crippen molar-refractivity contribution < 1.29 is 18.7 Å². The molecule has 1 saturated carbocycles.